The normalized spacial score (nSPS) is 11.8. The highest BCUT2D eigenvalue weighted by Crippen LogP contribution is 2.17. The van der Waals surface area contributed by atoms with Gasteiger partial charge in [-0.3, -0.25) is 4.79 Å². The number of rotatable bonds is 7. The maximum Gasteiger partial charge on any atom is 0.337 e. The van der Waals surface area contributed by atoms with Crippen molar-refractivity contribution in [1.82, 2.24) is 0 Å². The maximum atomic E-state index is 12.1. The van der Waals surface area contributed by atoms with Crippen LogP contribution in [-0.4, -0.2) is 19.0 Å². The summed E-state index contributed by atoms with van der Waals surface area (Å²) in [6.45, 7) is 4.15. The van der Waals surface area contributed by atoms with E-state index >= 15 is 0 Å². The van der Waals surface area contributed by atoms with Crippen LogP contribution in [0.5, 0.6) is 0 Å². The zero-order chi connectivity index (χ0) is 15.0. The van der Waals surface area contributed by atoms with Crippen molar-refractivity contribution < 1.29 is 14.3 Å². The third-order valence-corrected chi connectivity index (χ3v) is 3.34. The molecule has 4 heteroatoms. The molecular formula is C16H23NO3. The van der Waals surface area contributed by atoms with Gasteiger partial charge in [0.1, 0.15) is 0 Å². The number of benzene rings is 1. The third-order valence-electron chi connectivity index (χ3n) is 3.34. The van der Waals surface area contributed by atoms with Gasteiger partial charge in [-0.1, -0.05) is 26.7 Å². The Hall–Kier alpha value is -1.84. The van der Waals surface area contributed by atoms with Gasteiger partial charge in [-0.05, 0) is 37.1 Å². The summed E-state index contributed by atoms with van der Waals surface area (Å²) in [5.74, 6) is -0.278. The van der Waals surface area contributed by atoms with E-state index in [1.165, 1.54) is 7.11 Å². The lowest BCUT2D eigenvalue weighted by Gasteiger charge is -2.14. The van der Waals surface area contributed by atoms with Crippen molar-refractivity contribution >= 4 is 17.6 Å². The summed E-state index contributed by atoms with van der Waals surface area (Å²) >= 11 is 0. The Balaban J connectivity index is 2.63. The Kier molecular flexibility index (Phi) is 6.77. The average Bonchev–Trinajstić information content (AvgIpc) is 2.48. The van der Waals surface area contributed by atoms with Crippen molar-refractivity contribution in [3.05, 3.63) is 29.8 Å². The zero-order valence-electron chi connectivity index (χ0n) is 12.4. The lowest BCUT2D eigenvalue weighted by Crippen LogP contribution is -2.22. The lowest BCUT2D eigenvalue weighted by molar-refractivity contribution is -0.120. The first-order valence-electron chi connectivity index (χ1n) is 7.11. The molecule has 110 valence electrons. The number of nitrogens with one attached hydrogen (secondary N) is 1. The number of ether oxygens (including phenoxy) is 1. The van der Waals surface area contributed by atoms with E-state index < -0.39 is 0 Å². The van der Waals surface area contributed by atoms with E-state index in [9.17, 15) is 9.59 Å². The minimum absolute atomic E-state index is 0.0479. The fourth-order valence-corrected chi connectivity index (χ4v) is 2.02. The van der Waals surface area contributed by atoms with Crippen LogP contribution in [-0.2, 0) is 9.53 Å². The zero-order valence-corrected chi connectivity index (χ0v) is 12.4. The molecule has 0 aromatic heterocycles. The molecule has 0 radical (unpaired) electrons. The summed E-state index contributed by atoms with van der Waals surface area (Å²) in [5.41, 5.74) is 1.18. The highest BCUT2D eigenvalue weighted by molar-refractivity contribution is 5.94. The van der Waals surface area contributed by atoms with Crippen molar-refractivity contribution in [2.75, 3.05) is 12.4 Å². The highest BCUT2D eigenvalue weighted by Gasteiger charge is 2.16. The van der Waals surface area contributed by atoms with Gasteiger partial charge in [0.2, 0.25) is 5.91 Å². The second-order valence-corrected chi connectivity index (χ2v) is 4.81. The standard InChI is InChI=1S/C16H23NO3/c1-4-6-7-12(5-2)15(18)17-14-10-8-13(9-11-14)16(19)20-3/h8-12H,4-7H2,1-3H3,(H,17,18)/t12-/m0/s1. The smallest absolute Gasteiger partial charge is 0.337 e. The Bertz CT molecular complexity index is 440. The van der Waals surface area contributed by atoms with E-state index in [1.54, 1.807) is 24.3 Å². The number of hydrogen-bond donors (Lipinski definition) is 1. The molecule has 1 rings (SSSR count). The number of unbranched alkanes of at least 4 members (excludes halogenated alkanes) is 1. The molecule has 0 saturated carbocycles. The van der Waals surface area contributed by atoms with E-state index in [1.807, 2.05) is 6.92 Å². The fraction of sp³-hybridized carbons (Fsp3) is 0.500. The van der Waals surface area contributed by atoms with E-state index in [2.05, 4.69) is 17.0 Å². The second kappa shape index (κ2) is 8.35. The molecule has 0 aliphatic heterocycles. The highest BCUT2D eigenvalue weighted by atomic mass is 16.5. The Morgan fingerprint density at radius 3 is 2.35 bits per heavy atom. The molecule has 0 aliphatic carbocycles. The number of hydrogen-bond acceptors (Lipinski definition) is 3. The molecule has 0 fully saturated rings. The van der Waals surface area contributed by atoms with E-state index in [-0.39, 0.29) is 17.8 Å². The molecule has 0 bridgehead atoms. The predicted octanol–water partition coefficient (Wildman–Crippen LogP) is 3.63. The summed E-state index contributed by atoms with van der Waals surface area (Å²) in [6.07, 6.45) is 3.91. The van der Waals surface area contributed by atoms with E-state index in [4.69, 9.17) is 0 Å². The SMILES string of the molecule is CCCC[C@H](CC)C(=O)Nc1ccc(C(=O)OC)cc1. The Morgan fingerprint density at radius 2 is 1.85 bits per heavy atom. The molecule has 1 amide bonds. The van der Waals surface area contributed by atoms with Gasteiger partial charge in [-0.15, -0.1) is 0 Å². The van der Waals surface area contributed by atoms with Crippen LogP contribution in [0.15, 0.2) is 24.3 Å². The van der Waals surface area contributed by atoms with Crippen molar-refractivity contribution in [3.63, 3.8) is 0 Å². The van der Waals surface area contributed by atoms with Crippen LogP contribution in [0.3, 0.4) is 0 Å². The molecule has 0 aliphatic rings. The molecule has 0 spiro atoms. The minimum atomic E-state index is -0.378. The molecular weight excluding hydrogens is 254 g/mol. The van der Waals surface area contributed by atoms with Gasteiger partial charge >= 0.3 is 5.97 Å². The molecule has 4 nitrogen and oxygen atoms in total. The van der Waals surface area contributed by atoms with Crippen molar-refractivity contribution in [2.45, 2.75) is 39.5 Å². The van der Waals surface area contributed by atoms with Crippen molar-refractivity contribution in [1.29, 1.82) is 0 Å². The largest absolute Gasteiger partial charge is 0.465 e. The van der Waals surface area contributed by atoms with Crippen LogP contribution >= 0.6 is 0 Å². The number of esters is 1. The summed E-state index contributed by atoms with van der Waals surface area (Å²) in [7, 11) is 1.34. The second-order valence-electron chi connectivity index (χ2n) is 4.81. The lowest BCUT2D eigenvalue weighted by atomic mass is 9.98. The Morgan fingerprint density at radius 1 is 1.20 bits per heavy atom. The summed E-state index contributed by atoms with van der Waals surface area (Å²) in [4.78, 5) is 23.4. The minimum Gasteiger partial charge on any atom is -0.465 e. The summed E-state index contributed by atoms with van der Waals surface area (Å²) in [6, 6.07) is 6.73. The molecule has 1 aromatic rings. The third kappa shape index (κ3) is 4.68. The van der Waals surface area contributed by atoms with E-state index in [0.717, 1.165) is 25.7 Å². The van der Waals surface area contributed by atoms with Gasteiger partial charge < -0.3 is 10.1 Å². The number of amides is 1. The van der Waals surface area contributed by atoms with Crippen LogP contribution in [0.25, 0.3) is 0 Å². The van der Waals surface area contributed by atoms with Crippen LogP contribution in [0.2, 0.25) is 0 Å². The first-order chi connectivity index (χ1) is 9.62. The van der Waals surface area contributed by atoms with Gasteiger partial charge in [0, 0.05) is 11.6 Å². The molecule has 0 heterocycles. The number of anilines is 1. The topological polar surface area (TPSA) is 55.4 Å². The van der Waals surface area contributed by atoms with Crippen LogP contribution in [0.1, 0.15) is 49.9 Å². The van der Waals surface area contributed by atoms with Crippen LogP contribution in [0.4, 0.5) is 5.69 Å². The quantitative estimate of drug-likeness (QED) is 0.774. The Labute approximate surface area is 120 Å². The van der Waals surface area contributed by atoms with Gasteiger partial charge in [0.05, 0.1) is 12.7 Å². The van der Waals surface area contributed by atoms with Crippen molar-refractivity contribution in [2.24, 2.45) is 5.92 Å². The molecule has 0 unspecified atom stereocenters. The summed E-state index contributed by atoms with van der Waals surface area (Å²) in [5, 5.41) is 2.89. The molecule has 1 atom stereocenters. The van der Waals surface area contributed by atoms with Crippen LogP contribution < -0.4 is 5.32 Å². The monoisotopic (exact) mass is 277 g/mol. The van der Waals surface area contributed by atoms with E-state index in [0.29, 0.717) is 11.3 Å². The number of carbonyl (C=O) groups excluding carboxylic acids is 2. The average molecular weight is 277 g/mol. The molecule has 1 aromatic carbocycles. The molecule has 20 heavy (non-hydrogen) atoms. The van der Waals surface area contributed by atoms with Gasteiger partial charge in [0.15, 0.2) is 0 Å². The van der Waals surface area contributed by atoms with Crippen LogP contribution in [0, 0.1) is 5.92 Å². The predicted molar refractivity (Wildman–Crippen MR) is 79.7 cm³/mol. The first kappa shape index (κ1) is 16.2. The summed E-state index contributed by atoms with van der Waals surface area (Å²) < 4.78 is 4.63. The van der Waals surface area contributed by atoms with Gasteiger partial charge in [0.25, 0.3) is 0 Å². The number of carbonyl (C=O) groups is 2. The number of methoxy groups -OCH3 is 1. The van der Waals surface area contributed by atoms with Crippen molar-refractivity contribution in [3.8, 4) is 0 Å². The van der Waals surface area contributed by atoms with Gasteiger partial charge in [-0.2, -0.15) is 0 Å². The molecule has 0 saturated heterocycles. The maximum absolute atomic E-state index is 12.1. The van der Waals surface area contributed by atoms with Gasteiger partial charge in [-0.25, -0.2) is 4.79 Å². The fourth-order valence-electron chi connectivity index (χ4n) is 2.02. The first-order valence-corrected chi connectivity index (χ1v) is 7.11. The molecule has 1 N–H and O–H groups in total.